The quantitative estimate of drug-likeness (QED) is 0.338. The number of ether oxygens (including phenoxy) is 2. The van der Waals surface area contributed by atoms with E-state index in [0.717, 1.165) is 25.3 Å². The van der Waals surface area contributed by atoms with E-state index in [4.69, 9.17) is 9.47 Å². The van der Waals surface area contributed by atoms with Crippen LogP contribution in [-0.4, -0.2) is 75.1 Å². The molecule has 2 amide bonds. The molecule has 2 aromatic rings. The summed E-state index contributed by atoms with van der Waals surface area (Å²) in [5, 5.41) is 12.9. The Balaban J connectivity index is 1.40. The molecule has 4 aliphatic rings. The number of fused-ring (bicyclic) bond motifs is 5. The summed E-state index contributed by atoms with van der Waals surface area (Å²) in [7, 11) is 0. The molecule has 6 rings (SSSR count). The summed E-state index contributed by atoms with van der Waals surface area (Å²) < 4.78 is 43.6. The molecule has 3 bridgehead atoms. The van der Waals surface area contributed by atoms with Crippen molar-refractivity contribution in [2.45, 2.75) is 102 Å². The van der Waals surface area contributed by atoms with Crippen LogP contribution in [-0.2, 0) is 25.0 Å². The van der Waals surface area contributed by atoms with Crippen LogP contribution in [0.5, 0.6) is 5.88 Å². The molecule has 2 fully saturated rings. The molecular formula is C37H44F2N4O7. The van der Waals surface area contributed by atoms with Crippen LogP contribution in [0.1, 0.15) is 83.7 Å². The summed E-state index contributed by atoms with van der Waals surface area (Å²) in [6.07, 6.45) is 7.96. The van der Waals surface area contributed by atoms with Crippen LogP contribution >= 0.6 is 0 Å². The van der Waals surface area contributed by atoms with Crippen molar-refractivity contribution in [3.05, 3.63) is 54.3 Å². The molecule has 0 spiro atoms. The lowest BCUT2D eigenvalue weighted by Crippen LogP contribution is -2.52. The number of alkyl halides is 2. The van der Waals surface area contributed by atoms with Crippen LogP contribution in [0.25, 0.3) is 11.0 Å². The third-order valence-electron chi connectivity index (χ3n) is 10.3. The number of Topliss-reactive ketones (excluding diaryl/α,β-unsaturated/α-hetero) is 1. The Kier molecular flexibility index (Phi) is 9.96. The molecule has 50 heavy (non-hydrogen) atoms. The zero-order valence-corrected chi connectivity index (χ0v) is 28.4. The molecular weight excluding hydrogens is 650 g/mol. The van der Waals surface area contributed by atoms with Gasteiger partial charge in [0.15, 0.2) is 11.5 Å². The van der Waals surface area contributed by atoms with Gasteiger partial charge in [-0.25, -0.2) is 14.8 Å². The maximum absolute atomic E-state index is 15.9. The molecule has 0 radical (unpaired) electrons. The molecule has 4 heterocycles. The van der Waals surface area contributed by atoms with Gasteiger partial charge in [-0.2, -0.15) is 8.78 Å². The molecule has 268 valence electrons. The van der Waals surface area contributed by atoms with Crippen molar-refractivity contribution in [3.63, 3.8) is 0 Å². The Morgan fingerprint density at radius 1 is 1.04 bits per heavy atom. The number of halogens is 2. The fraction of sp³-hybridized carbons (Fsp3) is 0.568. The van der Waals surface area contributed by atoms with E-state index in [1.165, 1.54) is 11.0 Å². The second kappa shape index (κ2) is 14.1. The highest BCUT2D eigenvalue weighted by Gasteiger charge is 2.61. The Morgan fingerprint density at radius 3 is 2.56 bits per heavy atom. The fourth-order valence-corrected chi connectivity index (χ4v) is 7.22. The number of rotatable bonds is 1. The van der Waals surface area contributed by atoms with Gasteiger partial charge >= 0.3 is 18.0 Å². The minimum absolute atomic E-state index is 0.0181. The first-order chi connectivity index (χ1) is 23.8. The highest BCUT2D eigenvalue weighted by atomic mass is 19.3. The number of cyclic esters (lactones) is 1. The van der Waals surface area contributed by atoms with Gasteiger partial charge < -0.3 is 24.8 Å². The van der Waals surface area contributed by atoms with Crippen molar-refractivity contribution in [1.82, 2.24) is 20.2 Å². The number of benzene rings is 1. The maximum atomic E-state index is 15.9. The van der Waals surface area contributed by atoms with Crippen molar-refractivity contribution in [2.24, 2.45) is 16.7 Å². The van der Waals surface area contributed by atoms with Crippen LogP contribution in [0, 0.1) is 16.7 Å². The molecule has 1 aromatic carbocycles. The van der Waals surface area contributed by atoms with Crippen molar-refractivity contribution < 1.29 is 42.5 Å². The largest absolute Gasteiger partial charge is 0.481 e. The summed E-state index contributed by atoms with van der Waals surface area (Å²) in [4.78, 5) is 63.9. The Hall–Kier alpha value is -4.42. The van der Waals surface area contributed by atoms with Gasteiger partial charge in [0.2, 0.25) is 11.8 Å². The number of nitrogens with one attached hydrogen (secondary N) is 1. The van der Waals surface area contributed by atoms with Gasteiger partial charge in [-0.3, -0.25) is 14.4 Å². The number of carbonyl (C=O) groups excluding carboxylic acids is 3. The van der Waals surface area contributed by atoms with E-state index in [1.807, 2.05) is 26.0 Å². The van der Waals surface area contributed by atoms with E-state index >= 15 is 8.78 Å². The molecule has 1 saturated heterocycles. The van der Waals surface area contributed by atoms with E-state index in [9.17, 15) is 24.3 Å². The molecule has 3 aliphatic heterocycles. The third-order valence-corrected chi connectivity index (χ3v) is 10.3. The average Bonchev–Trinajstić information content (AvgIpc) is 3.61. The van der Waals surface area contributed by atoms with Crippen LogP contribution in [0.4, 0.5) is 13.6 Å². The summed E-state index contributed by atoms with van der Waals surface area (Å²) in [6.45, 7) is 3.51. The zero-order chi connectivity index (χ0) is 35.7. The number of amides is 2. The van der Waals surface area contributed by atoms with Crippen LogP contribution in [0.15, 0.2) is 48.6 Å². The van der Waals surface area contributed by atoms with Crippen molar-refractivity contribution in [1.29, 1.82) is 0 Å². The van der Waals surface area contributed by atoms with Gasteiger partial charge in [-0.05, 0) is 68.1 Å². The number of aliphatic carboxylic acids is 1. The van der Waals surface area contributed by atoms with Gasteiger partial charge in [-0.15, -0.1) is 0 Å². The van der Waals surface area contributed by atoms with Crippen molar-refractivity contribution in [3.8, 4) is 5.88 Å². The van der Waals surface area contributed by atoms with Crippen LogP contribution in [0.2, 0.25) is 0 Å². The normalized spacial score (nSPS) is 31.7. The fourth-order valence-electron chi connectivity index (χ4n) is 7.22. The maximum Gasteiger partial charge on any atom is 0.407 e. The van der Waals surface area contributed by atoms with E-state index in [-0.39, 0.29) is 50.3 Å². The van der Waals surface area contributed by atoms with Gasteiger partial charge in [0, 0.05) is 12.8 Å². The number of nitrogens with zero attached hydrogens (tertiary/aromatic N) is 3. The summed E-state index contributed by atoms with van der Waals surface area (Å²) in [5.74, 6) is -6.41. The van der Waals surface area contributed by atoms with E-state index in [0.29, 0.717) is 24.8 Å². The number of aromatic nitrogens is 2. The minimum atomic E-state index is -3.58. The van der Waals surface area contributed by atoms with Gasteiger partial charge in [0.05, 0.1) is 35.6 Å². The van der Waals surface area contributed by atoms with E-state index in [2.05, 4.69) is 15.3 Å². The number of ketones is 1. The van der Waals surface area contributed by atoms with Crippen molar-refractivity contribution in [2.75, 3.05) is 13.2 Å². The number of carboxylic acid groups (broad SMARTS) is 1. The molecule has 1 aliphatic carbocycles. The lowest BCUT2D eigenvalue weighted by Gasteiger charge is -2.29. The van der Waals surface area contributed by atoms with Gasteiger partial charge in [0.25, 0.3) is 0 Å². The lowest BCUT2D eigenvalue weighted by atomic mass is 9.89. The number of para-hydroxylation sites is 2. The molecule has 13 heteroatoms. The second-order valence-electron chi connectivity index (χ2n) is 14.8. The number of allylic oxidation sites excluding steroid dienone is 4. The Bertz CT molecular complexity index is 1710. The first-order valence-electron chi connectivity index (χ1n) is 17.4. The number of carboxylic acids is 1. The number of hydrogen-bond acceptors (Lipinski definition) is 8. The lowest BCUT2D eigenvalue weighted by molar-refractivity contribution is -0.147. The summed E-state index contributed by atoms with van der Waals surface area (Å²) in [6, 6.07) is 4.42. The van der Waals surface area contributed by atoms with Gasteiger partial charge in [0.1, 0.15) is 12.1 Å². The average molecular weight is 695 g/mol. The van der Waals surface area contributed by atoms with Crippen LogP contribution < -0.4 is 10.1 Å². The molecule has 2 N–H and O–H groups in total. The molecule has 0 unspecified atom stereocenters. The third kappa shape index (κ3) is 7.66. The SMILES string of the molecule is CC1(C)CC/C=C/C(F)(F)c2nc3ccccc3nc2O[C@@H]2C[C@H]3C(=O)C[C@]4(C(=O)O)C[C@@H]4/C=C\CCCCC[C@H](NC(=O)OC1)C(=O)N3C2. The van der Waals surface area contributed by atoms with Gasteiger partial charge in [-0.1, -0.05) is 57.0 Å². The smallest absolute Gasteiger partial charge is 0.407 e. The monoisotopic (exact) mass is 694 g/mol. The van der Waals surface area contributed by atoms with E-state index < -0.39 is 70.3 Å². The van der Waals surface area contributed by atoms with Crippen LogP contribution in [0.3, 0.4) is 0 Å². The standard InChI is InChI=1S/C37H44F2N4O7/c1-35(2)16-10-11-17-37(38,39)30-31(41-26-14-9-8-13-25(26)40-30)50-24-18-28-29(44)20-36(33(46)47)19-23(36)12-6-4-3-5-7-15-27(32(45)43(28)21-24)42-34(48)49-22-35/h6,8-9,11-14,17,23-24,27-28H,3-5,7,10,15-16,18-22H2,1-2H3,(H,42,48)(H,46,47)/b12-6-,17-11+/t23-,24+,27-,28-,36+/m0/s1. The number of carbonyl (C=O) groups is 4. The molecule has 5 atom stereocenters. The topological polar surface area (TPSA) is 148 Å². The highest BCUT2D eigenvalue weighted by Crippen LogP contribution is 2.57. The molecule has 1 saturated carbocycles. The predicted molar refractivity (Wildman–Crippen MR) is 178 cm³/mol. The predicted octanol–water partition coefficient (Wildman–Crippen LogP) is 6.11. The first kappa shape index (κ1) is 35.4. The number of hydrogen-bond donors (Lipinski definition) is 2. The molecule has 11 nitrogen and oxygen atoms in total. The van der Waals surface area contributed by atoms with Crippen molar-refractivity contribution >= 4 is 34.8 Å². The number of alkyl carbamates (subject to hydrolysis) is 1. The van der Waals surface area contributed by atoms with E-state index in [1.54, 1.807) is 24.3 Å². The zero-order valence-electron chi connectivity index (χ0n) is 28.4. The second-order valence-corrected chi connectivity index (χ2v) is 14.8. The minimum Gasteiger partial charge on any atom is -0.481 e. The Morgan fingerprint density at radius 2 is 1.80 bits per heavy atom. The highest BCUT2D eigenvalue weighted by molar-refractivity contribution is 5.96. The summed E-state index contributed by atoms with van der Waals surface area (Å²) >= 11 is 0. The molecule has 1 aromatic heterocycles. The summed E-state index contributed by atoms with van der Waals surface area (Å²) in [5.41, 5.74) is -1.97. The Labute approximate surface area is 289 Å². The first-order valence-corrected chi connectivity index (χ1v) is 17.4.